The highest BCUT2D eigenvalue weighted by molar-refractivity contribution is 6.17. The number of allylic oxidation sites excluding steroid dienone is 1. The van der Waals surface area contributed by atoms with Crippen LogP contribution in [-0.2, 0) is 4.79 Å². The number of nitrogens with zero attached hydrogens (tertiary/aromatic N) is 1. The molecule has 0 spiro atoms. The maximum atomic E-state index is 11.0. The van der Waals surface area contributed by atoms with Crippen molar-refractivity contribution >= 4 is 23.4 Å². The lowest BCUT2D eigenvalue weighted by Gasteiger charge is -2.07. The van der Waals surface area contributed by atoms with Crippen molar-refractivity contribution in [2.45, 2.75) is 13.8 Å². The van der Waals surface area contributed by atoms with Crippen molar-refractivity contribution in [2.75, 3.05) is 0 Å². The van der Waals surface area contributed by atoms with Gasteiger partial charge in [-0.25, -0.2) is 4.79 Å². The Morgan fingerprint density at radius 1 is 1.31 bits per heavy atom. The van der Waals surface area contributed by atoms with Crippen molar-refractivity contribution < 1.29 is 15.0 Å². The molecule has 0 aliphatic rings. The fourth-order valence-electron chi connectivity index (χ4n) is 1.40. The molecule has 1 rings (SSSR count). The second-order valence-corrected chi connectivity index (χ2v) is 3.17. The number of carbonyl (C=O) groups is 1. The second-order valence-electron chi connectivity index (χ2n) is 3.17. The van der Waals surface area contributed by atoms with Crippen molar-refractivity contribution in [1.82, 2.24) is 0 Å². The lowest BCUT2D eigenvalue weighted by atomic mass is 10.0. The van der Waals surface area contributed by atoms with E-state index >= 15 is 0 Å². The molecule has 1 aromatic rings. The molecule has 16 heavy (non-hydrogen) atoms. The molecule has 0 amide bonds. The van der Waals surface area contributed by atoms with Gasteiger partial charge in [0, 0.05) is 11.8 Å². The first kappa shape index (κ1) is 12.0. The number of aliphatic hydroxyl groups is 1. The van der Waals surface area contributed by atoms with Gasteiger partial charge in [0.1, 0.15) is 11.3 Å². The molecule has 2 N–H and O–H groups in total. The highest BCUT2D eigenvalue weighted by atomic mass is 16.4. The van der Waals surface area contributed by atoms with Crippen LogP contribution in [0.5, 0.6) is 0 Å². The molecule has 0 fully saturated rings. The lowest BCUT2D eigenvalue weighted by molar-refractivity contribution is -0.130. The van der Waals surface area contributed by atoms with Crippen LogP contribution in [0.4, 0.5) is 5.69 Å². The predicted octanol–water partition coefficient (Wildman–Crippen LogP) is 2.78. The van der Waals surface area contributed by atoms with Crippen molar-refractivity contribution in [3.63, 3.8) is 0 Å². The molecule has 1 aromatic carbocycles. The van der Waals surface area contributed by atoms with E-state index in [0.717, 1.165) is 0 Å². The molecule has 0 saturated heterocycles. The van der Waals surface area contributed by atoms with Gasteiger partial charge in [0.15, 0.2) is 0 Å². The molecule has 0 unspecified atom stereocenters. The minimum Gasteiger partial charge on any atom is -0.512 e. The lowest BCUT2D eigenvalue weighted by Crippen LogP contribution is -2.02. The highest BCUT2D eigenvalue weighted by Crippen LogP contribution is 2.27. The monoisotopic (exact) mass is 219 g/mol. The summed E-state index contributed by atoms with van der Waals surface area (Å²) < 4.78 is 0. The number of hydrogen-bond acceptors (Lipinski definition) is 3. The summed E-state index contributed by atoms with van der Waals surface area (Å²) in [6, 6.07) is 6.78. The number of hydrogen-bond donors (Lipinski definition) is 2. The van der Waals surface area contributed by atoms with Crippen molar-refractivity contribution in [3.05, 3.63) is 35.6 Å². The fraction of sp³-hybridized carbons (Fsp3) is 0.167. The van der Waals surface area contributed by atoms with E-state index in [4.69, 9.17) is 5.11 Å². The van der Waals surface area contributed by atoms with Crippen molar-refractivity contribution in [1.29, 1.82) is 0 Å². The Hall–Kier alpha value is -2.10. The van der Waals surface area contributed by atoms with Gasteiger partial charge in [0.25, 0.3) is 0 Å². The average Bonchev–Trinajstić information content (AvgIpc) is 2.20. The molecule has 0 aliphatic heterocycles. The maximum Gasteiger partial charge on any atom is 0.339 e. The largest absolute Gasteiger partial charge is 0.512 e. The fourth-order valence-corrected chi connectivity index (χ4v) is 1.40. The second kappa shape index (κ2) is 5.11. The molecular formula is C12H13NO3. The van der Waals surface area contributed by atoms with Gasteiger partial charge in [-0.2, -0.15) is 0 Å². The number of benzene rings is 1. The quantitative estimate of drug-likeness (QED) is 0.466. The average molecular weight is 219 g/mol. The number of aliphatic carboxylic acids is 1. The molecule has 84 valence electrons. The first-order chi connectivity index (χ1) is 7.57. The number of rotatable bonds is 3. The first-order valence-electron chi connectivity index (χ1n) is 4.79. The van der Waals surface area contributed by atoms with E-state index in [1.807, 2.05) is 0 Å². The van der Waals surface area contributed by atoms with Crippen molar-refractivity contribution in [3.8, 4) is 0 Å². The zero-order valence-corrected chi connectivity index (χ0v) is 9.14. The Labute approximate surface area is 93.6 Å². The van der Waals surface area contributed by atoms with Gasteiger partial charge in [-0.3, -0.25) is 4.99 Å². The van der Waals surface area contributed by atoms with Gasteiger partial charge in [-0.1, -0.05) is 18.2 Å². The zero-order chi connectivity index (χ0) is 12.1. The van der Waals surface area contributed by atoms with E-state index in [-0.39, 0.29) is 11.3 Å². The van der Waals surface area contributed by atoms with Gasteiger partial charge in [-0.05, 0) is 19.9 Å². The predicted molar refractivity (Wildman–Crippen MR) is 63.1 cm³/mol. The topological polar surface area (TPSA) is 69.9 Å². The summed E-state index contributed by atoms with van der Waals surface area (Å²) >= 11 is 0. The molecule has 0 saturated carbocycles. The van der Waals surface area contributed by atoms with Crippen LogP contribution >= 0.6 is 0 Å². The molecule has 0 heterocycles. The van der Waals surface area contributed by atoms with Crippen LogP contribution in [0, 0.1) is 0 Å². The molecule has 0 aliphatic carbocycles. The Kier molecular flexibility index (Phi) is 3.83. The molecule has 0 atom stereocenters. The number of aliphatic imine (C=N–C) groups is 1. The number of para-hydroxylation sites is 1. The van der Waals surface area contributed by atoms with E-state index in [1.165, 1.54) is 6.92 Å². The normalized spacial score (nSPS) is 12.6. The summed E-state index contributed by atoms with van der Waals surface area (Å²) in [7, 11) is 0. The molecule has 4 heteroatoms. The Morgan fingerprint density at radius 2 is 1.94 bits per heavy atom. The molecular weight excluding hydrogens is 206 g/mol. The van der Waals surface area contributed by atoms with Gasteiger partial charge in [-0.15, -0.1) is 0 Å². The summed E-state index contributed by atoms with van der Waals surface area (Å²) in [6.07, 6.45) is 1.57. The summed E-state index contributed by atoms with van der Waals surface area (Å²) in [5, 5.41) is 18.4. The van der Waals surface area contributed by atoms with Crippen LogP contribution in [0.25, 0.3) is 5.57 Å². The molecule has 4 nitrogen and oxygen atoms in total. The van der Waals surface area contributed by atoms with Gasteiger partial charge in [0.05, 0.1) is 5.69 Å². The van der Waals surface area contributed by atoms with Crippen LogP contribution in [0.1, 0.15) is 19.4 Å². The third kappa shape index (κ3) is 2.48. The van der Waals surface area contributed by atoms with Crippen LogP contribution in [0.15, 0.2) is 35.0 Å². The summed E-state index contributed by atoms with van der Waals surface area (Å²) in [6.45, 7) is 3.09. The standard InChI is InChI=1S/C12H13NO3/c1-3-13-10-7-5-4-6-9(10)11(8(2)14)12(15)16/h3-7,14H,1-2H3,(H,15,16)/b11-8-,13-3?. The minimum absolute atomic E-state index is 0.124. The van der Waals surface area contributed by atoms with Gasteiger partial charge >= 0.3 is 5.97 Å². The Morgan fingerprint density at radius 3 is 2.44 bits per heavy atom. The maximum absolute atomic E-state index is 11.0. The third-order valence-corrected chi connectivity index (χ3v) is 2.02. The summed E-state index contributed by atoms with van der Waals surface area (Å²) in [4.78, 5) is 15.1. The molecule has 0 radical (unpaired) electrons. The van der Waals surface area contributed by atoms with Crippen molar-refractivity contribution in [2.24, 2.45) is 4.99 Å². The third-order valence-electron chi connectivity index (χ3n) is 2.02. The smallest absolute Gasteiger partial charge is 0.339 e. The van der Waals surface area contributed by atoms with Crippen LogP contribution in [0.3, 0.4) is 0 Å². The van der Waals surface area contributed by atoms with Crippen LogP contribution in [0.2, 0.25) is 0 Å². The van der Waals surface area contributed by atoms with E-state index in [1.54, 1.807) is 37.4 Å². The molecule has 0 aromatic heterocycles. The van der Waals surface area contributed by atoms with E-state index in [9.17, 15) is 9.90 Å². The number of carboxylic acid groups (broad SMARTS) is 1. The Balaban J connectivity index is 3.42. The van der Waals surface area contributed by atoms with Gasteiger partial charge < -0.3 is 10.2 Å². The highest BCUT2D eigenvalue weighted by Gasteiger charge is 2.16. The zero-order valence-electron chi connectivity index (χ0n) is 9.14. The van der Waals surface area contributed by atoms with Crippen LogP contribution < -0.4 is 0 Å². The SMILES string of the molecule is CC=Nc1ccccc1/C(C(=O)O)=C(\C)O. The Bertz CT molecular complexity index is 457. The number of carboxylic acids is 1. The number of aliphatic hydroxyl groups excluding tert-OH is 1. The summed E-state index contributed by atoms with van der Waals surface area (Å²) in [5.74, 6) is -1.40. The van der Waals surface area contributed by atoms with Crippen LogP contribution in [-0.4, -0.2) is 22.4 Å². The first-order valence-corrected chi connectivity index (χ1v) is 4.79. The summed E-state index contributed by atoms with van der Waals surface area (Å²) in [5.41, 5.74) is 0.810. The van der Waals surface area contributed by atoms with E-state index < -0.39 is 5.97 Å². The van der Waals surface area contributed by atoms with E-state index in [0.29, 0.717) is 11.3 Å². The minimum atomic E-state index is -1.17. The van der Waals surface area contributed by atoms with Gasteiger partial charge in [0.2, 0.25) is 0 Å². The molecule has 0 bridgehead atoms. The van der Waals surface area contributed by atoms with E-state index in [2.05, 4.69) is 4.99 Å².